The Labute approximate surface area is 229 Å². The van der Waals surface area contributed by atoms with Gasteiger partial charge in [-0.15, -0.1) is 0 Å². The molecule has 1 saturated heterocycles. The number of aromatic nitrogens is 2. The molecule has 3 aromatic rings. The SMILES string of the molecule is C=CC(=O)N1CCN(c2nc(OCC3CC3)nc3c2CCN(c2cccc4cccc(C)c24)C3)C[C@@H]1CC#N. The number of rotatable bonds is 7. The van der Waals surface area contributed by atoms with Gasteiger partial charge >= 0.3 is 6.01 Å². The van der Waals surface area contributed by atoms with E-state index in [0.717, 1.165) is 30.0 Å². The molecule has 1 saturated carbocycles. The molecule has 200 valence electrons. The molecule has 2 aromatic carbocycles. The maximum atomic E-state index is 12.5. The second-order valence-corrected chi connectivity index (χ2v) is 10.8. The molecule has 1 atom stereocenters. The van der Waals surface area contributed by atoms with Crippen molar-refractivity contribution in [2.45, 2.75) is 45.2 Å². The zero-order valence-electron chi connectivity index (χ0n) is 22.5. The van der Waals surface area contributed by atoms with Crippen LogP contribution in [0.15, 0.2) is 49.1 Å². The molecule has 0 unspecified atom stereocenters. The van der Waals surface area contributed by atoms with Crippen LogP contribution in [0, 0.1) is 24.2 Å². The average Bonchev–Trinajstić information content (AvgIpc) is 3.80. The van der Waals surface area contributed by atoms with Crippen molar-refractivity contribution in [3.05, 3.63) is 65.9 Å². The van der Waals surface area contributed by atoms with E-state index in [2.05, 4.69) is 65.8 Å². The van der Waals surface area contributed by atoms with Crippen LogP contribution < -0.4 is 14.5 Å². The molecule has 2 fully saturated rings. The summed E-state index contributed by atoms with van der Waals surface area (Å²) >= 11 is 0. The normalized spacial score (nSPS) is 19.0. The summed E-state index contributed by atoms with van der Waals surface area (Å²) in [4.78, 5) is 28.7. The largest absolute Gasteiger partial charge is 0.463 e. The smallest absolute Gasteiger partial charge is 0.318 e. The van der Waals surface area contributed by atoms with Crippen LogP contribution in [0.2, 0.25) is 0 Å². The summed E-state index contributed by atoms with van der Waals surface area (Å²) in [5.41, 5.74) is 4.62. The van der Waals surface area contributed by atoms with Crippen molar-refractivity contribution in [2.75, 3.05) is 42.6 Å². The predicted octanol–water partition coefficient (Wildman–Crippen LogP) is 4.41. The molecule has 0 N–H and O–H groups in total. The number of carbonyl (C=O) groups is 1. The number of hydrogen-bond acceptors (Lipinski definition) is 7. The molecule has 1 aliphatic carbocycles. The number of nitriles is 1. The summed E-state index contributed by atoms with van der Waals surface area (Å²) in [7, 11) is 0. The van der Waals surface area contributed by atoms with Gasteiger partial charge in [-0.05, 0) is 55.2 Å². The second-order valence-electron chi connectivity index (χ2n) is 10.8. The molecule has 6 rings (SSSR count). The van der Waals surface area contributed by atoms with Crippen molar-refractivity contribution in [3.63, 3.8) is 0 Å². The molecule has 3 heterocycles. The van der Waals surface area contributed by atoms with Gasteiger partial charge in [-0.25, -0.2) is 0 Å². The van der Waals surface area contributed by atoms with Gasteiger partial charge in [0.2, 0.25) is 5.91 Å². The molecule has 2 aliphatic heterocycles. The minimum atomic E-state index is -0.213. The number of benzene rings is 2. The van der Waals surface area contributed by atoms with Crippen LogP contribution in [0.25, 0.3) is 10.8 Å². The number of nitrogens with zero attached hydrogens (tertiary/aromatic N) is 6. The Hall–Kier alpha value is -4.12. The summed E-state index contributed by atoms with van der Waals surface area (Å²) in [5.74, 6) is 1.35. The number of carbonyl (C=O) groups excluding carboxylic acids is 1. The van der Waals surface area contributed by atoms with E-state index in [4.69, 9.17) is 14.7 Å². The van der Waals surface area contributed by atoms with Gasteiger partial charge in [-0.2, -0.15) is 15.2 Å². The Morgan fingerprint density at radius 2 is 1.97 bits per heavy atom. The maximum absolute atomic E-state index is 12.5. The third kappa shape index (κ3) is 5.01. The lowest BCUT2D eigenvalue weighted by Gasteiger charge is -2.42. The predicted molar refractivity (Wildman–Crippen MR) is 152 cm³/mol. The highest BCUT2D eigenvalue weighted by Crippen LogP contribution is 2.36. The average molecular weight is 523 g/mol. The number of amides is 1. The van der Waals surface area contributed by atoms with Crippen molar-refractivity contribution in [3.8, 4) is 12.1 Å². The van der Waals surface area contributed by atoms with E-state index < -0.39 is 0 Å². The molecule has 8 heteroatoms. The van der Waals surface area contributed by atoms with Crippen LogP contribution in [0.3, 0.4) is 0 Å². The Morgan fingerprint density at radius 3 is 2.74 bits per heavy atom. The fourth-order valence-electron chi connectivity index (χ4n) is 5.90. The molecule has 0 spiro atoms. The van der Waals surface area contributed by atoms with Crippen molar-refractivity contribution >= 4 is 28.2 Å². The molecule has 0 bridgehead atoms. The first kappa shape index (κ1) is 25.2. The van der Waals surface area contributed by atoms with E-state index in [1.54, 1.807) is 4.90 Å². The lowest BCUT2D eigenvalue weighted by Crippen LogP contribution is -2.55. The maximum Gasteiger partial charge on any atom is 0.318 e. The van der Waals surface area contributed by atoms with Crippen LogP contribution in [-0.2, 0) is 17.8 Å². The summed E-state index contributed by atoms with van der Waals surface area (Å²) < 4.78 is 6.11. The first-order valence-corrected chi connectivity index (χ1v) is 13.9. The Balaban J connectivity index is 1.34. The van der Waals surface area contributed by atoms with Crippen molar-refractivity contribution in [1.82, 2.24) is 14.9 Å². The molecule has 39 heavy (non-hydrogen) atoms. The molecule has 1 amide bonds. The summed E-state index contributed by atoms with van der Waals surface area (Å²) in [5, 5.41) is 12.0. The molecule has 1 aromatic heterocycles. The van der Waals surface area contributed by atoms with Crippen molar-refractivity contribution in [1.29, 1.82) is 5.26 Å². The quantitative estimate of drug-likeness (QED) is 0.425. The highest BCUT2D eigenvalue weighted by Gasteiger charge is 2.33. The van der Waals surface area contributed by atoms with Crippen LogP contribution in [0.5, 0.6) is 6.01 Å². The van der Waals surface area contributed by atoms with Gasteiger partial charge < -0.3 is 19.4 Å². The van der Waals surface area contributed by atoms with Crippen LogP contribution >= 0.6 is 0 Å². The Morgan fingerprint density at radius 1 is 1.15 bits per heavy atom. The minimum Gasteiger partial charge on any atom is -0.463 e. The minimum absolute atomic E-state index is 0.130. The number of fused-ring (bicyclic) bond motifs is 2. The lowest BCUT2D eigenvalue weighted by atomic mass is 9.99. The van der Waals surface area contributed by atoms with Gasteiger partial charge in [0.25, 0.3) is 0 Å². The topological polar surface area (TPSA) is 85.6 Å². The number of ether oxygens (including phenoxy) is 1. The fraction of sp³-hybridized carbons (Fsp3) is 0.419. The summed E-state index contributed by atoms with van der Waals surface area (Å²) in [6, 6.07) is 15.4. The van der Waals surface area contributed by atoms with E-state index in [0.29, 0.717) is 44.7 Å². The van der Waals surface area contributed by atoms with E-state index >= 15 is 0 Å². The monoisotopic (exact) mass is 522 g/mol. The van der Waals surface area contributed by atoms with E-state index in [1.165, 1.54) is 40.9 Å². The molecular formula is C31H34N6O2. The number of hydrogen-bond donors (Lipinski definition) is 0. The van der Waals surface area contributed by atoms with Crippen LogP contribution in [-0.4, -0.2) is 59.6 Å². The standard InChI is InChI=1S/C31H34N6O2/c1-3-28(38)37-17-16-36(18-24(37)12-14-32)30-25-13-15-35(19-26(25)33-31(34-30)39-20-22-10-11-22)27-9-5-8-23-7-4-6-21(2)29(23)27/h3-9,22,24H,1,10-13,15-20H2,2H3/t24-/m0/s1. The third-order valence-electron chi connectivity index (χ3n) is 8.17. The van der Waals surface area contributed by atoms with E-state index in [9.17, 15) is 10.1 Å². The first-order chi connectivity index (χ1) is 19.1. The van der Waals surface area contributed by atoms with Crippen molar-refractivity contribution in [2.24, 2.45) is 5.92 Å². The van der Waals surface area contributed by atoms with Gasteiger partial charge in [0, 0.05) is 42.8 Å². The zero-order valence-corrected chi connectivity index (χ0v) is 22.5. The zero-order chi connectivity index (χ0) is 26.9. The molecule has 0 radical (unpaired) electrons. The third-order valence-corrected chi connectivity index (χ3v) is 8.17. The van der Waals surface area contributed by atoms with Crippen LogP contribution in [0.1, 0.15) is 36.1 Å². The fourth-order valence-corrected chi connectivity index (χ4v) is 5.90. The number of anilines is 2. The lowest BCUT2D eigenvalue weighted by molar-refractivity contribution is -0.128. The Kier molecular flexibility index (Phi) is 6.82. The highest BCUT2D eigenvalue weighted by atomic mass is 16.5. The van der Waals surface area contributed by atoms with E-state index in [1.807, 2.05) is 0 Å². The number of piperazine rings is 1. The molecule has 3 aliphatic rings. The summed E-state index contributed by atoms with van der Waals surface area (Å²) in [6.07, 6.45) is 4.80. The molecule has 8 nitrogen and oxygen atoms in total. The second kappa shape index (κ2) is 10.6. The van der Waals surface area contributed by atoms with Gasteiger partial charge in [0.1, 0.15) is 5.82 Å². The molecular weight excluding hydrogens is 488 g/mol. The van der Waals surface area contributed by atoms with Crippen LogP contribution in [0.4, 0.5) is 11.5 Å². The summed E-state index contributed by atoms with van der Waals surface area (Å²) in [6.45, 7) is 9.69. The first-order valence-electron chi connectivity index (χ1n) is 13.9. The number of aryl methyl sites for hydroxylation is 1. The van der Waals surface area contributed by atoms with E-state index in [-0.39, 0.29) is 18.4 Å². The van der Waals surface area contributed by atoms with Gasteiger partial charge in [0.05, 0.1) is 37.4 Å². The highest BCUT2D eigenvalue weighted by molar-refractivity contribution is 5.97. The van der Waals surface area contributed by atoms with Gasteiger partial charge in [-0.1, -0.05) is 36.9 Å². The van der Waals surface area contributed by atoms with Gasteiger partial charge in [-0.3, -0.25) is 4.79 Å². The van der Waals surface area contributed by atoms with Gasteiger partial charge in [0.15, 0.2) is 0 Å². The Bertz CT molecular complexity index is 1450. The van der Waals surface area contributed by atoms with Crippen molar-refractivity contribution < 1.29 is 9.53 Å².